The molecule has 1 aliphatic heterocycles. The van der Waals surface area contributed by atoms with Crippen molar-refractivity contribution in [1.29, 1.82) is 0 Å². The maximum absolute atomic E-state index is 4.62. The largest absolute Gasteiger partial charge is 0.338 e. The van der Waals surface area contributed by atoms with Crippen LogP contribution < -0.4 is 10.2 Å². The van der Waals surface area contributed by atoms with E-state index in [1.165, 1.54) is 44.1 Å². The molecule has 1 saturated carbocycles. The predicted octanol–water partition coefficient (Wildman–Crippen LogP) is 2.75. The number of anilines is 1. The highest BCUT2D eigenvalue weighted by molar-refractivity contribution is 5.33. The molecule has 0 spiro atoms. The normalized spacial score (nSPS) is 26.4. The van der Waals surface area contributed by atoms with Crippen LogP contribution in [0.2, 0.25) is 0 Å². The first-order chi connectivity index (χ1) is 9.88. The van der Waals surface area contributed by atoms with Gasteiger partial charge in [-0.1, -0.05) is 19.8 Å². The molecular weight excluding hydrogens is 248 g/mol. The summed E-state index contributed by atoms with van der Waals surface area (Å²) in [5, 5.41) is 3.32. The van der Waals surface area contributed by atoms with Gasteiger partial charge >= 0.3 is 0 Å². The maximum atomic E-state index is 4.62. The van der Waals surface area contributed by atoms with Gasteiger partial charge in [-0.05, 0) is 38.1 Å². The number of piperidine rings is 1. The minimum Gasteiger partial charge on any atom is -0.338 e. The van der Waals surface area contributed by atoms with Crippen LogP contribution in [-0.4, -0.2) is 29.1 Å². The average Bonchev–Trinajstić information content (AvgIpc) is 2.53. The summed E-state index contributed by atoms with van der Waals surface area (Å²) < 4.78 is 0. The molecular formula is C16H26N4. The van der Waals surface area contributed by atoms with Gasteiger partial charge in [0.1, 0.15) is 0 Å². The Kier molecular flexibility index (Phi) is 4.51. The fourth-order valence-corrected chi connectivity index (χ4v) is 3.73. The molecule has 0 aromatic carbocycles. The second-order valence-electron chi connectivity index (χ2n) is 6.12. The van der Waals surface area contributed by atoms with Crippen molar-refractivity contribution in [2.24, 2.45) is 5.92 Å². The van der Waals surface area contributed by atoms with Crippen molar-refractivity contribution in [3.63, 3.8) is 0 Å². The van der Waals surface area contributed by atoms with Crippen LogP contribution in [0.4, 0.5) is 5.95 Å². The van der Waals surface area contributed by atoms with E-state index in [9.17, 15) is 0 Å². The maximum Gasteiger partial charge on any atom is 0.225 e. The van der Waals surface area contributed by atoms with Gasteiger partial charge in [-0.3, -0.25) is 0 Å². The van der Waals surface area contributed by atoms with E-state index >= 15 is 0 Å². The first kappa shape index (κ1) is 13.8. The molecule has 2 atom stereocenters. The van der Waals surface area contributed by atoms with Gasteiger partial charge in [0.05, 0.1) is 0 Å². The van der Waals surface area contributed by atoms with Crippen LogP contribution in [0.1, 0.15) is 51.0 Å². The fraction of sp³-hybridized carbons (Fsp3) is 0.750. The Morgan fingerprint density at radius 2 is 1.90 bits per heavy atom. The van der Waals surface area contributed by atoms with Crippen molar-refractivity contribution >= 4 is 5.95 Å². The fourth-order valence-electron chi connectivity index (χ4n) is 3.73. The number of hydrogen-bond acceptors (Lipinski definition) is 4. The molecule has 0 bridgehead atoms. The number of fused-ring (bicyclic) bond motifs is 1. The second-order valence-corrected chi connectivity index (χ2v) is 6.12. The Labute approximate surface area is 122 Å². The molecule has 1 aliphatic carbocycles. The zero-order valence-corrected chi connectivity index (χ0v) is 12.5. The summed E-state index contributed by atoms with van der Waals surface area (Å²) in [5.74, 6) is 1.82. The van der Waals surface area contributed by atoms with E-state index in [2.05, 4.69) is 27.1 Å². The third kappa shape index (κ3) is 2.95. The average molecular weight is 274 g/mol. The summed E-state index contributed by atoms with van der Waals surface area (Å²) in [6.45, 7) is 5.10. The molecule has 1 saturated heterocycles. The number of rotatable bonds is 4. The highest BCUT2D eigenvalue weighted by Crippen LogP contribution is 2.36. The van der Waals surface area contributed by atoms with Crippen LogP contribution in [-0.2, 0) is 6.54 Å². The van der Waals surface area contributed by atoms with Crippen molar-refractivity contribution in [3.8, 4) is 0 Å². The lowest BCUT2D eigenvalue weighted by atomic mass is 9.78. The molecule has 110 valence electrons. The van der Waals surface area contributed by atoms with E-state index in [1.54, 1.807) is 0 Å². The molecule has 0 amide bonds. The highest BCUT2D eigenvalue weighted by Gasteiger charge is 2.34. The van der Waals surface area contributed by atoms with E-state index in [0.717, 1.165) is 31.5 Å². The van der Waals surface area contributed by atoms with Gasteiger partial charge in [0.2, 0.25) is 5.95 Å². The van der Waals surface area contributed by atoms with Crippen LogP contribution >= 0.6 is 0 Å². The van der Waals surface area contributed by atoms with Crippen LogP contribution in [0, 0.1) is 5.92 Å². The van der Waals surface area contributed by atoms with Crippen LogP contribution in [0.3, 0.4) is 0 Å². The molecule has 2 heterocycles. The Hall–Kier alpha value is -1.16. The smallest absolute Gasteiger partial charge is 0.225 e. The Bertz CT molecular complexity index is 415. The molecule has 2 fully saturated rings. The first-order valence-electron chi connectivity index (χ1n) is 8.16. The molecule has 0 radical (unpaired) electrons. The van der Waals surface area contributed by atoms with Crippen molar-refractivity contribution in [2.75, 3.05) is 18.0 Å². The highest BCUT2D eigenvalue weighted by atomic mass is 15.3. The summed E-state index contributed by atoms with van der Waals surface area (Å²) in [4.78, 5) is 11.7. The van der Waals surface area contributed by atoms with Crippen LogP contribution in [0.25, 0.3) is 0 Å². The quantitative estimate of drug-likeness (QED) is 0.916. The van der Waals surface area contributed by atoms with Crippen molar-refractivity contribution < 1.29 is 0 Å². The summed E-state index contributed by atoms with van der Waals surface area (Å²) in [6, 6.07) is 0.692. The lowest BCUT2D eigenvalue weighted by Gasteiger charge is -2.44. The van der Waals surface area contributed by atoms with Gasteiger partial charge in [0.25, 0.3) is 0 Å². The van der Waals surface area contributed by atoms with E-state index in [4.69, 9.17) is 0 Å². The zero-order valence-electron chi connectivity index (χ0n) is 12.5. The zero-order chi connectivity index (χ0) is 13.8. The summed E-state index contributed by atoms with van der Waals surface area (Å²) in [6.07, 6.45) is 12.2. The summed E-state index contributed by atoms with van der Waals surface area (Å²) in [7, 11) is 0. The molecule has 2 aliphatic rings. The standard InChI is InChI=1S/C16H26N4/c1-2-17-10-13-11-18-16(19-12-13)20-9-5-7-14-6-3-4-8-15(14)20/h11-12,14-15,17H,2-10H2,1H3. The van der Waals surface area contributed by atoms with Crippen molar-refractivity contribution in [1.82, 2.24) is 15.3 Å². The van der Waals surface area contributed by atoms with Crippen LogP contribution in [0.5, 0.6) is 0 Å². The third-order valence-electron chi connectivity index (χ3n) is 4.77. The molecule has 1 aromatic rings. The number of hydrogen-bond donors (Lipinski definition) is 1. The molecule has 3 rings (SSSR count). The minimum atomic E-state index is 0.692. The Morgan fingerprint density at radius 1 is 1.15 bits per heavy atom. The number of nitrogens with zero attached hydrogens (tertiary/aromatic N) is 3. The number of aromatic nitrogens is 2. The van der Waals surface area contributed by atoms with Gasteiger partial charge in [-0.2, -0.15) is 0 Å². The van der Waals surface area contributed by atoms with Gasteiger partial charge in [-0.25, -0.2) is 9.97 Å². The monoisotopic (exact) mass is 274 g/mol. The van der Waals surface area contributed by atoms with E-state index in [-0.39, 0.29) is 0 Å². The van der Waals surface area contributed by atoms with Crippen molar-refractivity contribution in [2.45, 2.75) is 58.0 Å². The van der Waals surface area contributed by atoms with E-state index in [0.29, 0.717) is 6.04 Å². The van der Waals surface area contributed by atoms with E-state index in [1.807, 2.05) is 12.4 Å². The SMILES string of the molecule is CCNCc1cnc(N2CCCC3CCCCC32)nc1. The lowest BCUT2D eigenvalue weighted by Crippen LogP contribution is -2.47. The molecule has 2 unspecified atom stereocenters. The Balaban J connectivity index is 1.70. The summed E-state index contributed by atoms with van der Waals surface area (Å²) >= 11 is 0. The summed E-state index contributed by atoms with van der Waals surface area (Å²) in [5.41, 5.74) is 1.17. The number of nitrogens with one attached hydrogen (secondary N) is 1. The lowest BCUT2D eigenvalue weighted by molar-refractivity contribution is 0.241. The van der Waals surface area contributed by atoms with Crippen LogP contribution in [0.15, 0.2) is 12.4 Å². The topological polar surface area (TPSA) is 41.1 Å². The van der Waals surface area contributed by atoms with Gasteiger partial charge in [0.15, 0.2) is 0 Å². The molecule has 20 heavy (non-hydrogen) atoms. The predicted molar refractivity (Wildman–Crippen MR) is 81.7 cm³/mol. The second kappa shape index (κ2) is 6.53. The molecule has 4 heteroatoms. The van der Waals surface area contributed by atoms with Gasteiger partial charge < -0.3 is 10.2 Å². The molecule has 4 nitrogen and oxygen atoms in total. The van der Waals surface area contributed by atoms with Crippen molar-refractivity contribution in [3.05, 3.63) is 18.0 Å². The first-order valence-corrected chi connectivity index (χ1v) is 8.16. The third-order valence-corrected chi connectivity index (χ3v) is 4.77. The molecule has 1 aromatic heterocycles. The van der Waals surface area contributed by atoms with Gasteiger partial charge in [0, 0.05) is 37.1 Å². The molecule has 1 N–H and O–H groups in total. The van der Waals surface area contributed by atoms with Gasteiger partial charge in [-0.15, -0.1) is 0 Å². The Morgan fingerprint density at radius 3 is 2.70 bits per heavy atom. The van der Waals surface area contributed by atoms with E-state index < -0.39 is 0 Å². The minimum absolute atomic E-state index is 0.692.